The lowest BCUT2D eigenvalue weighted by Gasteiger charge is -2.28. The maximum absolute atomic E-state index is 2.45. The second-order valence-electron chi connectivity index (χ2n) is 17.7. The molecule has 0 atom stereocenters. The molecular weight excluding hydrogens is 819 g/mol. The Morgan fingerprint density at radius 3 is 1.19 bits per heavy atom. The molecule has 0 fully saturated rings. The predicted molar refractivity (Wildman–Crippen MR) is 296 cm³/mol. The van der Waals surface area contributed by atoms with Crippen LogP contribution in [0.2, 0.25) is 0 Å². The molecule has 0 aliphatic carbocycles. The third-order valence-electron chi connectivity index (χ3n) is 13.8. The standard InChI is InChI=1S/C67H49N/c1-3-20-45(21-4-2)64-55-28-12-16-32-59(55)66(60-33-17-13-29-56(60)64)47-36-40-50(41-37-47)68(63-44-49-24-8-9-25-52(49)53-26-10-11-27-54(53)63)51-42-38-48(39-43-51)67-61-34-18-14-30-57(61)65(46-22-6-5-7-23-46)58-31-15-19-35-62(58)67/h3,5-44H,4H2,1-2H3/b20-3-,45-21+. The lowest BCUT2D eigenvalue weighted by Crippen LogP contribution is -2.10. The summed E-state index contributed by atoms with van der Waals surface area (Å²) in [6.45, 7) is 4.33. The fraction of sp³-hybridized carbons (Fsp3) is 0.0448. The molecule has 1 heteroatoms. The SMILES string of the molecule is C/C=C\C(=C/CC)c1c2ccccc2c(-c2ccc(N(c3ccc(-c4c5ccccc5c(-c5ccccc5)c5ccccc45)cc3)c3cc4ccccc4c4ccccc34)cc2)c2ccccc12. The smallest absolute Gasteiger partial charge is 0.0546 e. The van der Waals surface area contributed by atoms with Crippen LogP contribution in [0.4, 0.5) is 17.1 Å². The van der Waals surface area contributed by atoms with Gasteiger partial charge >= 0.3 is 0 Å². The minimum absolute atomic E-state index is 0.965. The first-order valence-electron chi connectivity index (χ1n) is 23.9. The lowest BCUT2D eigenvalue weighted by molar-refractivity contribution is 1.23. The molecule has 0 aliphatic heterocycles. The monoisotopic (exact) mass is 867 g/mol. The quantitative estimate of drug-likeness (QED) is 0.0794. The van der Waals surface area contributed by atoms with Crippen molar-refractivity contribution < 1.29 is 0 Å². The van der Waals surface area contributed by atoms with Crippen molar-refractivity contribution >= 4 is 87.3 Å². The molecule has 1 nitrogen and oxygen atoms in total. The second-order valence-corrected chi connectivity index (χ2v) is 17.7. The van der Waals surface area contributed by atoms with E-state index < -0.39 is 0 Å². The molecule has 0 saturated heterocycles. The van der Waals surface area contributed by atoms with E-state index >= 15 is 0 Å². The van der Waals surface area contributed by atoms with Crippen LogP contribution in [0, 0.1) is 0 Å². The van der Waals surface area contributed by atoms with E-state index in [4.69, 9.17) is 0 Å². The van der Waals surface area contributed by atoms with Gasteiger partial charge in [-0.2, -0.15) is 0 Å². The van der Waals surface area contributed by atoms with Gasteiger partial charge < -0.3 is 4.90 Å². The zero-order chi connectivity index (χ0) is 45.6. The summed E-state index contributed by atoms with van der Waals surface area (Å²) < 4.78 is 0. The van der Waals surface area contributed by atoms with Crippen LogP contribution in [-0.2, 0) is 0 Å². The van der Waals surface area contributed by atoms with Crippen molar-refractivity contribution in [2.75, 3.05) is 4.90 Å². The van der Waals surface area contributed by atoms with Crippen LogP contribution in [0.3, 0.4) is 0 Å². The van der Waals surface area contributed by atoms with E-state index in [2.05, 4.69) is 267 Å². The molecule has 12 aromatic carbocycles. The Labute approximate surface area is 398 Å². The van der Waals surface area contributed by atoms with Crippen molar-refractivity contribution in [3.8, 4) is 33.4 Å². The van der Waals surface area contributed by atoms with Gasteiger partial charge in [0.25, 0.3) is 0 Å². The van der Waals surface area contributed by atoms with E-state index in [0.29, 0.717) is 0 Å². The zero-order valence-corrected chi connectivity index (χ0v) is 38.3. The molecule has 12 aromatic rings. The minimum Gasteiger partial charge on any atom is -0.310 e. The molecule has 0 radical (unpaired) electrons. The maximum Gasteiger partial charge on any atom is 0.0546 e. The molecule has 12 rings (SSSR count). The number of anilines is 3. The van der Waals surface area contributed by atoms with E-state index in [1.165, 1.54) is 109 Å². The molecule has 0 bridgehead atoms. The molecule has 68 heavy (non-hydrogen) atoms. The Morgan fingerprint density at radius 2 is 0.735 bits per heavy atom. The van der Waals surface area contributed by atoms with E-state index in [1.54, 1.807) is 0 Å². The zero-order valence-electron chi connectivity index (χ0n) is 38.3. The Hall–Kier alpha value is -8.52. The highest BCUT2D eigenvalue weighted by molar-refractivity contribution is 6.22. The molecule has 0 unspecified atom stereocenters. The highest BCUT2D eigenvalue weighted by atomic mass is 15.1. The van der Waals surface area contributed by atoms with E-state index in [0.717, 1.165) is 23.5 Å². The predicted octanol–water partition coefficient (Wildman–Crippen LogP) is 19.4. The van der Waals surface area contributed by atoms with Gasteiger partial charge in [-0.15, -0.1) is 0 Å². The summed E-state index contributed by atoms with van der Waals surface area (Å²) in [5.74, 6) is 0. The molecular formula is C67H49N. The van der Waals surface area contributed by atoms with Crippen molar-refractivity contribution in [3.05, 3.63) is 254 Å². The van der Waals surface area contributed by atoms with Crippen LogP contribution in [0.25, 0.3) is 104 Å². The van der Waals surface area contributed by atoms with E-state index in [1.807, 2.05) is 0 Å². The number of hydrogen-bond acceptors (Lipinski definition) is 1. The third-order valence-corrected chi connectivity index (χ3v) is 13.8. The van der Waals surface area contributed by atoms with Gasteiger partial charge in [-0.3, -0.25) is 0 Å². The van der Waals surface area contributed by atoms with Gasteiger partial charge in [0.1, 0.15) is 0 Å². The van der Waals surface area contributed by atoms with Gasteiger partial charge in [-0.05, 0) is 147 Å². The fourth-order valence-corrected chi connectivity index (χ4v) is 11.0. The summed E-state index contributed by atoms with van der Waals surface area (Å²) >= 11 is 0. The Morgan fingerprint density at radius 1 is 0.368 bits per heavy atom. The van der Waals surface area contributed by atoms with E-state index in [-0.39, 0.29) is 0 Å². The van der Waals surface area contributed by atoms with Gasteiger partial charge in [0.15, 0.2) is 0 Å². The summed E-state index contributed by atoms with van der Waals surface area (Å²) in [6.07, 6.45) is 7.73. The summed E-state index contributed by atoms with van der Waals surface area (Å²) in [6, 6.07) is 85.1. The molecule has 322 valence electrons. The lowest BCUT2D eigenvalue weighted by atomic mass is 9.85. The molecule has 0 N–H and O–H groups in total. The molecule has 0 spiro atoms. The van der Waals surface area contributed by atoms with Gasteiger partial charge in [0.05, 0.1) is 5.69 Å². The first-order valence-corrected chi connectivity index (χ1v) is 23.9. The summed E-state index contributed by atoms with van der Waals surface area (Å²) in [7, 11) is 0. The molecule has 0 aliphatic rings. The maximum atomic E-state index is 2.45. The van der Waals surface area contributed by atoms with Crippen molar-refractivity contribution in [1.29, 1.82) is 0 Å². The number of nitrogens with zero attached hydrogens (tertiary/aromatic N) is 1. The van der Waals surface area contributed by atoms with Gasteiger partial charge in [-0.1, -0.05) is 225 Å². The fourth-order valence-electron chi connectivity index (χ4n) is 11.0. The van der Waals surface area contributed by atoms with Crippen LogP contribution < -0.4 is 4.90 Å². The number of hydrogen-bond donors (Lipinski definition) is 0. The van der Waals surface area contributed by atoms with Crippen molar-refractivity contribution in [2.24, 2.45) is 0 Å². The minimum atomic E-state index is 0.965. The van der Waals surface area contributed by atoms with Crippen molar-refractivity contribution in [1.82, 2.24) is 0 Å². The van der Waals surface area contributed by atoms with Crippen LogP contribution in [-0.4, -0.2) is 0 Å². The topological polar surface area (TPSA) is 3.24 Å². The third kappa shape index (κ3) is 6.86. The van der Waals surface area contributed by atoms with Crippen molar-refractivity contribution in [2.45, 2.75) is 20.3 Å². The first-order chi connectivity index (χ1) is 33.7. The number of rotatable bonds is 9. The average Bonchev–Trinajstić information content (AvgIpc) is 3.40. The number of benzene rings is 12. The first kappa shape index (κ1) is 40.9. The van der Waals surface area contributed by atoms with E-state index in [9.17, 15) is 0 Å². The highest BCUT2D eigenvalue weighted by Gasteiger charge is 2.22. The Kier molecular flexibility index (Phi) is 10.5. The van der Waals surface area contributed by atoms with Crippen LogP contribution in [0.5, 0.6) is 0 Å². The van der Waals surface area contributed by atoms with Crippen LogP contribution in [0.15, 0.2) is 249 Å². The molecule has 0 amide bonds. The summed E-state index contributed by atoms with van der Waals surface area (Å²) in [4.78, 5) is 2.45. The molecule has 0 heterocycles. The molecule has 0 aromatic heterocycles. The summed E-state index contributed by atoms with van der Waals surface area (Å²) in [5.41, 5.74) is 13.3. The average molecular weight is 868 g/mol. The Bertz CT molecular complexity index is 3820. The largest absolute Gasteiger partial charge is 0.310 e. The Balaban J connectivity index is 1.05. The van der Waals surface area contributed by atoms with Gasteiger partial charge in [-0.25, -0.2) is 0 Å². The van der Waals surface area contributed by atoms with Crippen molar-refractivity contribution in [3.63, 3.8) is 0 Å². The number of allylic oxidation sites excluding steroid dienone is 4. The normalized spacial score (nSPS) is 12.1. The highest BCUT2D eigenvalue weighted by Crippen LogP contribution is 2.48. The second kappa shape index (κ2) is 17.4. The van der Waals surface area contributed by atoms with Crippen LogP contribution >= 0.6 is 0 Å². The van der Waals surface area contributed by atoms with Crippen LogP contribution in [0.1, 0.15) is 25.8 Å². The van der Waals surface area contributed by atoms with Gasteiger partial charge in [0, 0.05) is 16.8 Å². The number of fused-ring (bicyclic) bond motifs is 7. The molecule has 0 saturated carbocycles. The van der Waals surface area contributed by atoms with Gasteiger partial charge in [0.2, 0.25) is 0 Å². The summed E-state index contributed by atoms with van der Waals surface area (Å²) in [5, 5.41) is 15.0.